The van der Waals surface area contributed by atoms with Crippen LogP contribution in [-0.2, 0) is 0 Å². The first-order chi connectivity index (χ1) is 17.8. The number of benzene rings is 3. The summed E-state index contributed by atoms with van der Waals surface area (Å²) < 4.78 is 5.44. The molecule has 1 amide bonds. The lowest BCUT2D eigenvalue weighted by Crippen LogP contribution is -2.15. The molecular weight excluding hydrogens is 492 g/mol. The van der Waals surface area contributed by atoms with E-state index in [1.165, 1.54) is 24.3 Å². The van der Waals surface area contributed by atoms with E-state index in [1.807, 2.05) is 38.1 Å². The van der Waals surface area contributed by atoms with Gasteiger partial charge in [-0.05, 0) is 61.9 Å². The summed E-state index contributed by atoms with van der Waals surface area (Å²) in [7, 11) is 0. The third-order valence-electron chi connectivity index (χ3n) is 5.54. The highest BCUT2D eigenvalue weighted by atomic mass is 32.1. The van der Waals surface area contributed by atoms with Crippen LogP contribution in [0.15, 0.2) is 72.8 Å². The number of aryl methyl sites for hydroxylation is 1. The van der Waals surface area contributed by atoms with Gasteiger partial charge in [-0.1, -0.05) is 18.2 Å². The Morgan fingerprint density at radius 1 is 1.03 bits per heavy atom. The average molecular weight is 517 g/mol. The van der Waals surface area contributed by atoms with E-state index in [1.54, 1.807) is 24.3 Å². The molecule has 188 valence electrons. The van der Waals surface area contributed by atoms with Gasteiger partial charge < -0.3 is 21.1 Å². The summed E-state index contributed by atoms with van der Waals surface area (Å²) in [6.45, 7) is 4.33. The second-order valence-electron chi connectivity index (χ2n) is 8.03. The molecule has 0 aliphatic rings. The van der Waals surface area contributed by atoms with Gasteiger partial charge in [-0.25, -0.2) is 0 Å². The van der Waals surface area contributed by atoms with E-state index in [-0.39, 0.29) is 27.4 Å². The third kappa shape index (κ3) is 5.60. The molecule has 0 bridgehead atoms. The first kappa shape index (κ1) is 25.4. The number of nitrogens with zero attached hydrogens (tertiary/aromatic N) is 1. The number of nitrogen functional groups attached to an aromatic ring is 1. The Balaban J connectivity index is 1.71. The maximum absolute atomic E-state index is 13.4. The van der Waals surface area contributed by atoms with Gasteiger partial charge in [0.2, 0.25) is 5.78 Å². The highest BCUT2D eigenvalue weighted by Gasteiger charge is 2.27. The summed E-state index contributed by atoms with van der Waals surface area (Å²) in [6.07, 6.45) is 0. The summed E-state index contributed by atoms with van der Waals surface area (Å²) in [5.74, 6) is -0.254. The summed E-state index contributed by atoms with van der Waals surface area (Å²) in [4.78, 5) is 37.3. The molecule has 37 heavy (non-hydrogen) atoms. The standard InChI is InChI=1S/C27H24N4O5S/c1-3-36-20-14-10-18(11-15-20)29-26(33)22-23(28)25(24(32)17-8-12-19(13-9-17)31(34)35)37-27(22)30-21-7-5-4-6-16(21)2/h4-15,30H,3,28H2,1-2H3,(H,29,33). The number of thiophene rings is 1. The van der Waals surface area contributed by atoms with E-state index >= 15 is 0 Å². The van der Waals surface area contributed by atoms with Crippen molar-refractivity contribution in [3.8, 4) is 5.75 Å². The van der Waals surface area contributed by atoms with Crippen molar-refractivity contribution in [2.45, 2.75) is 13.8 Å². The first-order valence-electron chi connectivity index (χ1n) is 11.4. The lowest BCUT2D eigenvalue weighted by Gasteiger charge is -2.11. The average Bonchev–Trinajstić information content (AvgIpc) is 3.22. The smallest absolute Gasteiger partial charge is 0.269 e. The number of carbonyl (C=O) groups is 2. The molecule has 0 saturated carbocycles. The van der Waals surface area contributed by atoms with Crippen LogP contribution in [0.2, 0.25) is 0 Å². The van der Waals surface area contributed by atoms with Crippen LogP contribution in [0, 0.1) is 17.0 Å². The fraction of sp³-hybridized carbons (Fsp3) is 0.111. The zero-order chi connectivity index (χ0) is 26.5. The molecule has 0 saturated heterocycles. The SMILES string of the molecule is CCOc1ccc(NC(=O)c2c(Nc3ccccc3C)sc(C(=O)c3ccc([N+](=O)[O-])cc3)c2N)cc1. The summed E-state index contributed by atoms with van der Waals surface area (Å²) >= 11 is 1.05. The maximum atomic E-state index is 13.4. The van der Waals surface area contributed by atoms with Gasteiger partial charge in [0, 0.05) is 29.1 Å². The number of ether oxygens (including phenoxy) is 1. The van der Waals surface area contributed by atoms with Crippen molar-refractivity contribution >= 4 is 50.8 Å². The lowest BCUT2D eigenvalue weighted by molar-refractivity contribution is -0.384. The molecule has 0 spiro atoms. The molecule has 4 rings (SSSR count). The lowest BCUT2D eigenvalue weighted by atomic mass is 10.1. The molecule has 0 aliphatic heterocycles. The Labute approximate surface area is 217 Å². The molecule has 0 radical (unpaired) electrons. The van der Waals surface area contributed by atoms with Gasteiger partial charge in [0.1, 0.15) is 15.6 Å². The topological polar surface area (TPSA) is 137 Å². The highest BCUT2D eigenvalue weighted by molar-refractivity contribution is 7.19. The van der Waals surface area contributed by atoms with Crippen LogP contribution in [-0.4, -0.2) is 23.2 Å². The highest BCUT2D eigenvalue weighted by Crippen LogP contribution is 2.40. The number of hydrogen-bond acceptors (Lipinski definition) is 8. The number of para-hydroxylation sites is 1. The van der Waals surface area contributed by atoms with E-state index in [9.17, 15) is 19.7 Å². The normalized spacial score (nSPS) is 10.5. The van der Waals surface area contributed by atoms with Crippen LogP contribution in [0.25, 0.3) is 0 Å². The predicted molar refractivity (Wildman–Crippen MR) is 145 cm³/mol. The fourth-order valence-electron chi connectivity index (χ4n) is 3.62. The number of non-ortho nitro benzene ring substituents is 1. The number of carbonyl (C=O) groups excluding carboxylic acids is 2. The van der Waals surface area contributed by atoms with Gasteiger partial charge >= 0.3 is 0 Å². The molecule has 1 aromatic heterocycles. The van der Waals surface area contributed by atoms with Crippen molar-refractivity contribution in [1.29, 1.82) is 0 Å². The minimum absolute atomic E-state index is 0.0212. The molecule has 10 heteroatoms. The maximum Gasteiger partial charge on any atom is 0.269 e. The quantitative estimate of drug-likeness (QED) is 0.137. The number of amides is 1. The zero-order valence-corrected chi connectivity index (χ0v) is 20.9. The monoisotopic (exact) mass is 516 g/mol. The van der Waals surface area contributed by atoms with Crippen LogP contribution in [0.3, 0.4) is 0 Å². The van der Waals surface area contributed by atoms with Crippen LogP contribution in [0.1, 0.15) is 38.1 Å². The minimum Gasteiger partial charge on any atom is -0.494 e. The summed E-state index contributed by atoms with van der Waals surface area (Å²) in [5, 5.41) is 17.4. The number of ketones is 1. The minimum atomic E-state index is -0.540. The van der Waals surface area contributed by atoms with Crippen molar-refractivity contribution in [2.75, 3.05) is 23.0 Å². The van der Waals surface area contributed by atoms with Gasteiger partial charge in [-0.15, -0.1) is 11.3 Å². The molecule has 0 fully saturated rings. The number of anilines is 4. The molecule has 1 heterocycles. The molecule has 0 aliphatic carbocycles. The van der Waals surface area contributed by atoms with Gasteiger partial charge in [-0.2, -0.15) is 0 Å². The van der Waals surface area contributed by atoms with Gasteiger partial charge in [0.15, 0.2) is 0 Å². The Bertz CT molecular complexity index is 1460. The molecule has 3 aromatic carbocycles. The molecule has 9 nitrogen and oxygen atoms in total. The largest absolute Gasteiger partial charge is 0.494 e. The van der Waals surface area contributed by atoms with E-state index in [0.29, 0.717) is 23.0 Å². The van der Waals surface area contributed by atoms with Crippen LogP contribution in [0.4, 0.5) is 27.8 Å². The molecule has 4 aromatic rings. The van der Waals surface area contributed by atoms with Crippen LogP contribution < -0.4 is 21.1 Å². The Morgan fingerprint density at radius 2 is 1.70 bits per heavy atom. The molecule has 0 unspecified atom stereocenters. The second-order valence-corrected chi connectivity index (χ2v) is 9.05. The number of nitrogens with two attached hydrogens (primary N) is 1. The van der Waals surface area contributed by atoms with E-state index in [0.717, 1.165) is 22.6 Å². The Morgan fingerprint density at radius 3 is 2.32 bits per heavy atom. The zero-order valence-electron chi connectivity index (χ0n) is 20.1. The van der Waals surface area contributed by atoms with E-state index in [2.05, 4.69) is 10.6 Å². The van der Waals surface area contributed by atoms with Gasteiger partial charge in [0.25, 0.3) is 11.6 Å². The number of nitro groups is 1. The van der Waals surface area contributed by atoms with Crippen LogP contribution >= 0.6 is 11.3 Å². The van der Waals surface area contributed by atoms with Crippen LogP contribution in [0.5, 0.6) is 5.75 Å². The Hall–Kier alpha value is -4.70. The second kappa shape index (κ2) is 10.9. The van der Waals surface area contributed by atoms with Crippen molar-refractivity contribution in [2.24, 2.45) is 0 Å². The van der Waals surface area contributed by atoms with Crippen molar-refractivity contribution < 1.29 is 19.2 Å². The number of rotatable bonds is 9. The summed E-state index contributed by atoms with van der Waals surface area (Å²) in [5.41, 5.74) is 8.86. The van der Waals surface area contributed by atoms with Gasteiger partial charge in [-0.3, -0.25) is 19.7 Å². The van der Waals surface area contributed by atoms with E-state index < -0.39 is 16.6 Å². The van der Waals surface area contributed by atoms with E-state index in [4.69, 9.17) is 10.5 Å². The first-order valence-corrected chi connectivity index (χ1v) is 12.2. The van der Waals surface area contributed by atoms with Gasteiger partial charge in [0.05, 0.1) is 22.8 Å². The fourth-order valence-corrected chi connectivity index (χ4v) is 4.71. The Kier molecular flexibility index (Phi) is 7.49. The molecule has 0 atom stereocenters. The molecule has 4 N–H and O–H groups in total. The van der Waals surface area contributed by atoms with Crippen molar-refractivity contribution in [3.05, 3.63) is 104 Å². The number of nitrogens with one attached hydrogen (secondary N) is 2. The predicted octanol–water partition coefficient (Wildman–Crippen LogP) is 6.17. The number of hydrogen-bond donors (Lipinski definition) is 3. The molecular formula is C27H24N4O5S. The summed E-state index contributed by atoms with van der Waals surface area (Å²) in [6, 6.07) is 19.7. The van der Waals surface area contributed by atoms with Crippen molar-refractivity contribution in [3.63, 3.8) is 0 Å². The third-order valence-corrected chi connectivity index (χ3v) is 6.65. The van der Waals surface area contributed by atoms with Crippen molar-refractivity contribution in [1.82, 2.24) is 0 Å². The number of nitro benzene ring substituents is 1.